The van der Waals surface area contributed by atoms with Gasteiger partial charge in [0, 0.05) is 12.1 Å². The van der Waals surface area contributed by atoms with Gasteiger partial charge in [-0.3, -0.25) is 4.90 Å². The maximum absolute atomic E-state index is 3.52. The number of likely N-dealkylation sites (tertiary alicyclic amines) is 1. The third kappa shape index (κ3) is 2.43. The largest absolute Gasteiger partial charge is 0.317 e. The Hall–Kier alpha value is -0.0800. The van der Waals surface area contributed by atoms with E-state index in [2.05, 4.69) is 31.0 Å². The molecule has 1 saturated carbocycles. The second-order valence-corrected chi connectivity index (χ2v) is 5.90. The summed E-state index contributed by atoms with van der Waals surface area (Å²) in [6.45, 7) is 10.7. The second kappa shape index (κ2) is 5.50. The van der Waals surface area contributed by atoms with E-state index in [0.29, 0.717) is 0 Å². The van der Waals surface area contributed by atoms with E-state index in [9.17, 15) is 0 Å². The third-order valence-electron chi connectivity index (χ3n) is 4.57. The van der Waals surface area contributed by atoms with Crippen LogP contribution in [-0.2, 0) is 0 Å². The van der Waals surface area contributed by atoms with Gasteiger partial charge in [0.2, 0.25) is 0 Å². The monoisotopic (exact) mass is 224 g/mol. The van der Waals surface area contributed by atoms with E-state index in [4.69, 9.17) is 0 Å². The highest BCUT2D eigenvalue weighted by Crippen LogP contribution is 2.37. The van der Waals surface area contributed by atoms with Crippen LogP contribution in [0.3, 0.4) is 0 Å². The first-order valence-electron chi connectivity index (χ1n) is 7.20. The van der Waals surface area contributed by atoms with Crippen LogP contribution < -0.4 is 5.32 Å². The van der Waals surface area contributed by atoms with Crippen LogP contribution in [0.5, 0.6) is 0 Å². The summed E-state index contributed by atoms with van der Waals surface area (Å²) in [5.41, 5.74) is 0. The summed E-state index contributed by atoms with van der Waals surface area (Å²) in [6.07, 6.45) is 5.74. The van der Waals surface area contributed by atoms with Crippen molar-refractivity contribution < 1.29 is 0 Å². The Morgan fingerprint density at radius 3 is 2.62 bits per heavy atom. The van der Waals surface area contributed by atoms with Crippen LogP contribution in [0.4, 0.5) is 0 Å². The summed E-state index contributed by atoms with van der Waals surface area (Å²) in [4.78, 5) is 2.83. The van der Waals surface area contributed by atoms with Gasteiger partial charge in [-0.05, 0) is 57.2 Å². The van der Waals surface area contributed by atoms with Gasteiger partial charge >= 0.3 is 0 Å². The Labute approximate surface area is 101 Å². The average Bonchev–Trinajstić information content (AvgIpc) is 2.65. The van der Waals surface area contributed by atoms with E-state index in [1.54, 1.807) is 0 Å². The maximum Gasteiger partial charge on any atom is 0.0139 e. The fourth-order valence-electron chi connectivity index (χ4n) is 3.50. The standard InChI is InChI=1S/C14H28N2/c1-4-15-10-12-7-8-14(12)16-9-5-6-13(16)11(2)3/h11-15H,4-10H2,1-3H3. The molecule has 1 N–H and O–H groups in total. The number of nitrogens with zero attached hydrogens (tertiary/aromatic N) is 1. The summed E-state index contributed by atoms with van der Waals surface area (Å²) in [7, 11) is 0. The average molecular weight is 224 g/mol. The summed E-state index contributed by atoms with van der Waals surface area (Å²) < 4.78 is 0. The number of nitrogens with one attached hydrogen (secondary N) is 1. The molecule has 1 aliphatic heterocycles. The zero-order valence-electron chi connectivity index (χ0n) is 11.2. The smallest absolute Gasteiger partial charge is 0.0139 e. The van der Waals surface area contributed by atoms with E-state index in [0.717, 1.165) is 30.5 Å². The molecule has 1 aliphatic carbocycles. The molecule has 0 spiro atoms. The van der Waals surface area contributed by atoms with Crippen LogP contribution in [0.25, 0.3) is 0 Å². The van der Waals surface area contributed by atoms with Crippen molar-refractivity contribution in [3.63, 3.8) is 0 Å². The van der Waals surface area contributed by atoms with E-state index in [1.807, 2.05) is 0 Å². The molecule has 2 heteroatoms. The molecule has 94 valence electrons. The van der Waals surface area contributed by atoms with Gasteiger partial charge in [0.15, 0.2) is 0 Å². The molecule has 2 aliphatic rings. The van der Waals surface area contributed by atoms with Gasteiger partial charge < -0.3 is 5.32 Å². The first kappa shape index (κ1) is 12.4. The van der Waals surface area contributed by atoms with Gasteiger partial charge in [0.25, 0.3) is 0 Å². The molecule has 0 radical (unpaired) electrons. The SMILES string of the molecule is CCNCC1CCC1N1CCCC1C(C)C. The Morgan fingerprint density at radius 1 is 1.25 bits per heavy atom. The second-order valence-electron chi connectivity index (χ2n) is 5.90. The zero-order chi connectivity index (χ0) is 11.5. The molecule has 2 rings (SSSR count). The number of hydrogen-bond acceptors (Lipinski definition) is 2. The molecule has 0 aromatic carbocycles. The molecular weight excluding hydrogens is 196 g/mol. The molecule has 0 aromatic rings. The van der Waals surface area contributed by atoms with Gasteiger partial charge in [-0.25, -0.2) is 0 Å². The van der Waals surface area contributed by atoms with E-state index >= 15 is 0 Å². The third-order valence-corrected chi connectivity index (χ3v) is 4.57. The lowest BCUT2D eigenvalue weighted by Crippen LogP contribution is -2.53. The summed E-state index contributed by atoms with van der Waals surface area (Å²) in [6, 6.07) is 1.77. The predicted molar refractivity (Wildman–Crippen MR) is 69.6 cm³/mol. The predicted octanol–water partition coefficient (Wildman–Crippen LogP) is 2.49. The van der Waals surface area contributed by atoms with Crippen molar-refractivity contribution >= 4 is 0 Å². The first-order chi connectivity index (χ1) is 7.74. The van der Waals surface area contributed by atoms with Gasteiger partial charge in [-0.2, -0.15) is 0 Å². The lowest BCUT2D eigenvalue weighted by molar-refractivity contribution is 0.0377. The molecular formula is C14H28N2. The minimum absolute atomic E-state index is 0.836. The van der Waals surface area contributed by atoms with Crippen molar-refractivity contribution in [1.82, 2.24) is 10.2 Å². The molecule has 16 heavy (non-hydrogen) atoms. The highest BCUT2D eigenvalue weighted by atomic mass is 15.2. The van der Waals surface area contributed by atoms with Crippen LogP contribution >= 0.6 is 0 Å². The maximum atomic E-state index is 3.52. The highest BCUT2D eigenvalue weighted by Gasteiger charge is 2.40. The Bertz CT molecular complexity index is 215. The minimum atomic E-state index is 0.836. The van der Waals surface area contributed by atoms with Crippen molar-refractivity contribution in [2.45, 2.75) is 58.5 Å². The van der Waals surface area contributed by atoms with Crippen LogP contribution in [0.15, 0.2) is 0 Å². The topological polar surface area (TPSA) is 15.3 Å². The van der Waals surface area contributed by atoms with Crippen LogP contribution in [0.1, 0.15) is 46.5 Å². The normalized spacial score (nSPS) is 35.6. The first-order valence-corrected chi connectivity index (χ1v) is 7.20. The lowest BCUT2D eigenvalue weighted by atomic mass is 9.77. The lowest BCUT2D eigenvalue weighted by Gasteiger charge is -2.46. The molecule has 0 bridgehead atoms. The fourth-order valence-corrected chi connectivity index (χ4v) is 3.50. The van der Waals surface area contributed by atoms with Crippen LogP contribution in [-0.4, -0.2) is 36.6 Å². The van der Waals surface area contributed by atoms with Gasteiger partial charge in [0.1, 0.15) is 0 Å². The molecule has 1 saturated heterocycles. The van der Waals surface area contributed by atoms with Crippen molar-refractivity contribution in [3.8, 4) is 0 Å². The number of rotatable bonds is 5. The highest BCUT2D eigenvalue weighted by molar-refractivity contribution is 4.95. The minimum Gasteiger partial charge on any atom is -0.317 e. The van der Waals surface area contributed by atoms with Crippen LogP contribution in [0.2, 0.25) is 0 Å². The molecule has 3 atom stereocenters. The van der Waals surface area contributed by atoms with E-state index in [1.165, 1.54) is 38.8 Å². The summed E-state index contributed by atoms with van der Waals surface area (Å²) in [5, 5.41) is 3.52. The zero-order valence-corrected chi connectivity index (χ0v) is 11.2. The molecule has 0 amide bonds. The molecule has 0 aromatic heterocycles. The Balaban J connectivity index is 1.86. The fraction of sp³-hybridized carbons (Fsp3) is 1.00. The Morgan fingerprint density at radius 2 is 2.06 bits per heavy atom. The molecule has 1 heterocycles. The Kier molecular flexibility index (Phi) is 4.26. The summed E-state index contributed by atoms with van der Waals surface area (Å²) in [5.74, 6) is 1.77. The molecule has 3 unspecified atom stereocenters. The van der Waals surface area contributed by atoms with Crippen molar-refractivity contribution in [2.75, 3.05) is 19.6 Å². The van der Waals surface area contributed by atoms with Gasteiger partial charge in [-0.1, -0.05) is 20.8 Å². The van der Waals surface area contributed by atoms with Crippen LogP contribution in [0, 0.1) is 11.8 Å². The molecule has 2 nitrogen and oxygen atoms in total. The van der Waals surface area contributed by atoms with E-state index in [-0.39, 0.29) is 0 Å². The van der Waals surface area contributed by atoms with Gasteiger partial charge in [0.05, 0.1) is 0 Å². The van der Waals surface area contributed by atoms with Crippen molar-refractivity contribution in [3.05, 3.63) is 0 Å². The number of hydrogen-bond donors (Lipinski definition) is 1. The molecule has 2 fully saturated rings. The van der Waals surface area contributed by atoms with Crippen molar-refractivity contribution in [2.24, 2.45) is 11.8 Å². The van der Waals surface area contributed by atoms with Gasteiger partial charge in [-0.15, -0.1) is 0 Å². The summed E-state index contributed by atoms with van der Waals surface area (Å²) >= 11 is 0. The van der Waals surface area contributed by atoms with E-state index < -0.39 is 0 Å². The quantitative estimate of drug-likeness (QED) is 0.772. The van der Waals surface area contributed by atoms with Crippen molar-refractivity contribution in [1.29, 1.82) is 0 Å².